The molecule has 47 heavy (non-hydrogen) atoms. The van der Waals surface area contributed by atoms with E-state index in [1.54, 1.807) is 12.1 Å². The van der Waals surface area contributed by atoms with Gasteiger partial charge in [-0.15, -0.1) is 0 Å². The molecule has 0 heterocycles. The van der Waals surface area contributed by atoms with E-state index in [-0.39, 0.29) is 17.5 Å². The molecular formula is C42H59NO4. The first-order valence-corrected chi connectivity index (χ1v) is 18.7. The van der Waals surface area contributed by atoms with Gasteiger partial charge in [0.05, 0.1) is 11.7 Å². The van der Waals surface area contributed by atoms with Crippen LogP contribution >= 0.6 is 0 Å². The molecule has 256 valence electrons. The second kappa shape index (κ2) is 16.5. The molecule has 2 saturated carbocycles. The number of aliphatic hydroxyl groups excluding tert-OH is 1. The molecule has 2 aromatic rings. The summed E-state index contributed by atoms with van der Waals surface area (Å²) in [4.78, 5) is 27.0. The van der Waals surface area contributed by atoms with Crippen LogP contribution in [0.5, 0.6) is 5.75 Å². The van der Waals surface area contributed by atoms with Crippen molar-refractivity contribution in [1.29, 1.82) is 0 Å². The van der Waals surface area contributed by atoms with Crippen LogP contribution in [-0.4, -0.2) is 41.6 Å². The van der Waals surface area contributed by atoms with Crippen molar-refractivity contribution in [3.63, 3.8) is 0 Å². The van der Waals surface area contributed by atoms with Crippen molar-refractivity contribution >= 4 is 11.9 Å². The fourth-order valence-electron chi connectivity index (χ4n) is 9.23. The van der Waals surface area contributed by atoms with Crippen LogP contribution in [0.15, 0.2) is 60.7 Å². The first-order chi connectivity index (χ1) is 22.7. The van der Waals surface area contributed by atoms with Gasteiger partial charge in [-0.1, -0.05) is 96.1 Å². The number of hydrogen-bond acceptors (Lipinski definition) is 4. The molecule has 1 N–H and O–H groups in total. The molecule has 5 nitrogen and oxygen atoms in total. The van der Waals surface area contributed by atoms with Crippen LogP contribution in [0.1, 0.15) is 138 Å². The summed E-state index contributed by atoms with van der Waals surface area (Å²) in [5.74, 6) is 2.68. The highest BCUT2D eigenvalue weighted by Crippen LogP contribution is 2.64. The highest BCUT2D eigenvalue weighted by molar-refractivity contribution is 5.91. The summed E-state index contributed by atoms with van der Waals surface area (Å²) in [5.41, 5.74) is 4.41. The highest BCUT2D eigenvalue weighted by atomic mass is 16.5. The SMILES string of the molecule is C=C1[C@H](O)CC2C3C(CC[C@]12C)c1ccc(OC(=O)c2ccccc2)cc1C[C@H]3CCCCCCCCCCC(=O)N(C)CCCC. The topological polar surface area (TPSA) is 66.8 Å². The Kier molecular flexibility index (Phi) is 12.4. The number of carbonyl (C=O) groups excluding carboxylic acids is 2. The number of benzene rings is 2. The average Bonchev–Trinajstić information content (AvgIpc) is 3.31. The van der Waals surface area contributed by atoms with E-state index in [2.05, 4.69) is 32.6 Å². The number of nitrogens with zero attached hydrogens (tertiary/aromatic N) is 1. The molecule has 0 aromatic heterocycles. The molecule has 0 bridgehead atoms. The third-order valence-electron chi connectivity index (χ3n) is 12.1. The minimum absolute atomic E-state index is 0.0248. The number of esters is 1. The zero-order chi connectivity index (χ0) is 33.4. The second-order valence-corrected chi connectivity index (χ2v) is 15.1. The van der Waals surface area contributed by atoms with E-state index in [0.29, 0.717) is 47.3 Å². The maximum absolute atomic E-state index is 12.8. The van der Waals surface area contributed by atoms with Crippen molar-refractivity contribution in [2.75, 3.05) is 13.6 Å². The van der Waals surface area contributed by atoms with Crippen LogP contribution < -0.4 is 4.74 Å². The third-order valence-corrected chi connectivity index (χ3v) is 12.1. The zero-order valence-electron chi connectivity index (χ0n) is 29.4. The molecule has 0 saturated heterocycles. The highest BCUT2D eigenvalue weighted by Gasteiger charge is 2.56. The van der Waals surface area contributed by atoms with Crippen LogP contribution in [0.25, 0.3) is 0 Å². The normalized spacial score (nSPS) is 26.3. The van der Waals surface area contributed by atoms with Gasteiger partial charge in [0, 0.05) is 20.0 Å². The molecule has 0 radical (unpaired) electrons. The molecule has 2 fully saturated rings. The van der Waals surface area contributed by atoms with Crippen molar-refractivity contribution in [2.24, 2.45) is 23.2 Å². The Morgan fingerprint density at radius 3 is 2.40 bits per heavy atom. The van der Waals surface area contributed by atoms with E-state index in [0.717, 1.165) is 63.5 Å². The number of rotatable bonds is 16. The molecule has 2 aromatic carbocycles. The smallest absolute Gasteiger partial charge is 0.343 e. The summed E-state index contributed by atoms with van der Waals surface area (Å²) in [6.45, 7) is 9.81. The van der Waals surface area contributed by atoms with Gasteiger partial charge in [0.2, 0.25) is 5.91 Å². The molecule has 6 atom stereocenters. The van der Waals surface area contributed by atoms with E-state index in [9.17, 15) is 14.7 Å². The van der Waals surface area contributed by atoms with Crippen molar-refractivity contribution in [3.05, 3.63) is 77.4 Å². The predicted molar refractivity (Wildman–Crippen MR) is 191 cm³/mol. The van der Waals surface area contributed by atoms with Crippen LogP contribution in [0.2, 0.25) is 0 Å². The maximum atomic E-state index is 12.8. The Hall–Kier alpha value is -2.92. The maximum Gasteiger partial charge on any atom is 0.343 e. The number of hydrogen-bond donors (Lipinski definition) is 1. The summed E-state index contributed by atoms with van der Waals surface area (Å²) in [7, 11) is 1.94. The molecule has 5 rings (SSSR count). The minimum atomic E-state index is -0.384. The number of ether oxygens (including phenoxy) is 1. The molecule has 0 spiro atoms. The Morgan fingerprint density at radius 1 is 0.979 bits per heavy atom. The summed E-state index contributed by atoms with van der Waals surface area (Å²) in [6.07, 6.45) is 17.4. The first kappa shape index (κ1) is 35.4. The van der Waals surface area contributed by atoms with E-state index in [1.807, 2.05) is 36.2 Å². The third kappa shape index (κ3) is 8.39. The number of aliphatic hydroxyl groups is 1. The van der Waals surface area contributed by atoms with Gasteiger partial charge in [-0.05, 0) is 115 Å². The Morgan fingerprint density at radius 2 is 1.68 bits per heavy atom. The van der Waals surface area contributed by atoms with Crippen LogP contribution in [-0.2, 0) is 11.2 Å². The van der Waals surface area contributed by atoms with Gasteiger partial charge in [0.1, 0.15) is 5.75 Å². The molecular weight excluding hydrogens is 582 g/mol. The quantitative estimate of drug-likeness (QED) is 0.0858. The lowest BCUT2D eigenvalue weighted by Gasteiger charge is -2.52. The standard InChI is InChI=1S/C42H59NO4/c1-5-6-26-43(4)39(45)21-17-12-10-8-7-9-11-14-20-32-27-33-28-34(47-41(46)31-18-15-13-16-19-31)22-23-35(33)36-24-25-42(3)30(2)38(44)29-37(42)40(32)36/h13,15-16,18-19,22-23,28,32,36-38,40,44H,2,5-12,14,17,20-21,24-27,29H2,1,3-4H3/t32-,36?,37?,38-,40?,42-/m1/s1. The van der Waals surface area contributed by atoms with Gasteiger partial charge < -0.3 is 14.7 Å². The van der Waals surface area contributed by atoms with Crippen molar-refractivity contribution in [3.8, 4) is 5.75 Å². The summed E-state index contributed by atoms with van der Waals surface area (Å²) in [5, 5.41) is 10.9. The molecule has 3 aliphatic rings. The number of carbonyl (C=O) groups is 2. The minimum Gasteiger partial charge on any atom is -0.423 e. The van der Waals surface area contributed by atoms with Crippen LogP contribution in [0.4, 0.5) is 0 Å². The lowest BCUT2D eigenvalue weighted by atomic mass is 9.52. The second-order valence-electron chi connectivity index (χ2n) is 15.1. The van der Waals surface area contributed by atoms with Gasteiger partial charge in [-0.3, -0.25) is 4.79 Å². The fraction of sp³-hybridized carbons (Fsp3) is 0.619. The Balaban J connectivity index is 1.15. The predicted octanol–water partition coefficient (Wildman–Crippen LogP) is 9.67. The van der Waals surface area contributed by atoms with E-state index in [4.69, 9.17) is 4.74 Å². The van der Waals surface area contributed by atoms with Gasteiger partial charge in [0.25, 0.3) is 0 Å². The average molecular weight is 642 g/mol. The van der Waals surface area contributed by atoms with Crippen LogP contribution in [0, 0.1) is 23.2 Å². The first-order valence-electron chi connectivity index (χ1n) is 18.7. The number of unbranched alkanes of at least 4 members (excludes halogenated alkanes) is 8. The molecule has 0 aliphatic heterocycles. The molecule has 3 aliphatic carbocycles. The van der Waals surface area contributed by atoms with Crippen LogP contribution in [0.3, 0.4) is 0 Å². The van der Waals surface area contributed by atoms with Gasteiger partial charge in [-0.25, -0.2) is 4.79 Å². The molecule has 3 unspecified atom stereocenters. The van der Waals surface area contributed by atoms with E-state index >= 15 is 0 Å². The monoisotopic (exact) mass is 641 g/mol. The fourth-order valence-corrected chi connectivity index (χ4v) is 9.23. The lowest BCUT2D eigenvalue weighted by Crippen LogP contribution is -2.44. The molecule has 1 amide bonds. The molecule has 5 heteroatoms. The number of amides is 1. The summed E-state index contributed by atoms with van der Waals surface area (Å²) >= 11 is 0. The van der Waals surface area contributed by atoms with Gasteiger partial charge in [0.15, 0.2) is 0 Å². The van der Waals surface area contributed by atoms with Gasteiger partial charge >= 0.3 is 5.97 Å². The summed E-state index contributed by atoms with van der Waals surface area (Å²) in [6, 6.07) is 15.5. The lowest BCUT2D eigenvalue weighted by molar-refractivity contribution is -0.130. The zero-order valence-corrected chi connectivity index (χ0v) is 29.4. The van der Waals surface area contributed by atoms with Crippen molar-refractivity contribution < 1.29 is 19.4 Å². The Bertz CT molecular complexity index is 1350. The Labute approximate surface area is 284 Å². The van der Waals surface area contributed by atoms with Crippen molar-refractivity contribution in [2.45, 2.75) is 129 Å². The van der Waals surface area contributed by atoms with Gasteiger partial charge in [-0.2, -0.15) is 0 Å². The van der Waals surface area contributed by atoms with Crippen molar-refractivity contribution in [1.82, 2.24) is 4.90 Å². The largest absolute Gasteiger partial charge is 0.423 e. The number of fused-ring (bicyclic) bond motifs is 5. The van der Waals surface area contributed by atoms with E-state index in [1.165, 1.54) is 56.1 Å². The van der Waals surface area contributed by atoms with E-state index < -0.39 is 0 Å². The summed E-state index contributed by atoms with van der Waals surface area (Å²) < 4.78 is 5.85.